The predicted octanol–water partition coefficient (Wildman–Crippen LogP) is 4.08. The Morgan fingerprint density at radius 2 is 1.73 bits per heavy atom. The second-order valence-corrected chi connectivity index (χ2v) is 5.13. The first-order chi connectivity index (χ1) is 10.7. The van der Waals surface area contributed by atoms with Gasteiger partial charge in [0.25, 0.3) is 0 Å². The summed E-state index contributed by atoms with van der Waals surface area (Å²) in [6.07, 6.45) is 1.88. The minimum absolute atomic E-state index is 0.0546. The molecule has 0 aliphatic carbocycles. The number of hydrogen-bond acceptors (Lipinski definition) is 2. The van der Waals surface area contributed by atoms with Crippen molar-refractivity contribution in [3.05, 3.63) is 66.5 Å². The number of aromatic amines is 1. The highest BCUT2D eigenvalue weighted by molar-refractivity contribution is 6.05. The third-order valence-corrected chi connectivity index (χ3v) is 3.80. The third kappa shape index (κ3) is 1.85. The molecule has 0 unspecified atom stereocenters. The maximum atomic E-state index is 11.4. The number of rotatable bonds is 2. The fraction of sp³-hybridized carbons (Fsp3) is 0. The number of carboxylic acid groups (broad SMARTS) is 1. The first kappa shape index (κ1) is 12.6. The molecule has 4 heteroatoms. The van der Waals surface area contributed by atoms with Crippen molar-refractivity contribution in [2.75, 3.05) is 0 Å². The van der Waals surface area contributed by atoms with E-state index in [1.807, 2.05) is 54.7 Å². The maximum Gasteiger partial charge on any atom is 0.354 e. The molecule has 106 valence electrons. The summed E-state index contributed by atoms with van der Waals surface area (Å²) in [5.74, 6) is -1.02. The number of hydrogen-bond donors (Lipinski definition) is 2. The molecule has 0 radical (unpaired) electrons. The van der Waals surface area contributed by atoms with Crippen LogP contribution in [0.25, 0.3) is 32.9 Å². The van der Waals surface area contributed by atoms with Gasteiger partial charge in [-0.1, -0.05) is 42.5 Å². The topological polar surface area (TPSA) is 66.0 Å². The van der Waals surface area contributed by atoms with Crippen molar-refractivity contribution < 1.29 is 9.90 Å². The van der Waals surface area contributed by atoms with E-state index in [1.54, 1.807) is 6.07 Å². The van der Waals surface area contributed by atoms with Crippen LogP contribution in [0.4, 0.5) is 0 Å². The van der Waals surface area contributed by atoms with Gasteiger partial charge in [0.15, 0.2) is 0 Å². The summed E-state index contributed by atoms with van der Waals surface area (Å²) in [6, 6.07) is 17.2. The lowest BCUT2D eigenvalue weighted by atomic mass is 10.0. The van der Waals surface area contributed by atoms with Crippen LogP contribution in [0.15, 0.2) is 60.8 Å². The zero-order valence-corrected chi connectivity index (χ0v) is 11.6. The van der Waals surface area contributed by atoms with E-state index in [-0.39, 0.29) is 5.69 Å². The molecular weight excluding hydrogens is 276 g/mol. The normalized spacial score (nSPS) is 11.1. The summed E-state index contributed by atoms with van der Waals surface area (Å²) >= 11 is 0. The fourth-order valence-electron chi connectivity index (χ4n) is 2.78. The number of benzene rings is 2. The van der Waals surface area contributed by atoms with Gasteiger partial charge in [-0.2, -0.15) is 0 Å². The van der Waals surface area contributed by atoms with Gasteiger partial charge in [-0.25, -0.2) is 9.78 Å². The van der Waals surface area contributed by atoms with Crippen molar-refractivity contribution >= 4 is 27.6 Å². The summed E-state index contributed by atoms with van der Waals surface area (Å²) in [7, 11) is 0. The summed E-state index contributed by atoms with van der Waals surface area (Å²) in [5.41, 5.74) is 2.66. The van der Waals surface area contributed by atoms with Gasteiger partial charge in [-0.05, 0) is 17.5 Å². The highest BCUT2D eigenvalue weighted by Gasteiger charge is 2.14. The molecule has 2 aromatic heterocycles. The number of carbonyl (C=O) groups is 1. The Morgan fingerprint density at radius 3 is 2.55 bits per heavy atom. The summed E-state index contributed by atoms with van der Waals surface area (Å²) < 4.78 is 0. The molecular formula is C18H12N2O2. The summed E-state index contributed by atoms with van der Waals surface area (Å²) in [4.78, 5) is 18.9. The Hall–Kier alpha value is -3.14. The van der Waals surface area contributed by atoms with Crippen LogP contribution < -0.4 is 0 Å². The van der Waals surface area contributed by atoms with Crippen molar-refractivity contribution in [1.82, 2.24) is 9.97 Å². The fourth-order valence-corrected chi connectivity index (χ4v) is 2.78. The Labute approximate surface area is 126 Å². The number of nitrogens with one attached hydrogen (secondary N) is 1. The van der Waals surface area contributed by atoms with E-state index in [0.29, 0.717) is 5.69 Å². The number of fused-ring (bicyclic) bond motifs is 2. The third-order valence-electron chi connectivity index (χ3n) is 3.80. The molecule has 2 N–H and O–H groups in total. The molecule has 0 fully saturated rings. The van der Waals surface area contributed by atoms with Gasteiger partial charge in [0.2, 0.25) is 0 Å². The molecule has 4 rings (SSSR count). The number of carboxylic acids is 1. The SMILES string of the molecule is O=C(O)c1cc2ccccc2c(-c2c[nH]c3ccccc23)n1. The molecule has 0 amide bonds. The second kappa shape index (κ2) is 4.70. The van der Waals surface area contributed by atoms with E-state index in [4.69, 9.17) is 0 Å². The van der Waals surface area contributed by atoms with Crippen LogP contribution in [0, 0.1) is 0 Å². The van der Waals surface area contributed by atoms with Crippen LogP contribution in [0.5, 0.6) is 0 Å². The van der Waals surface area contributed by atoms with Crippen molar-refractivity contribution in [3.63, 3.8) is 0 Å². The Bertz CT molecular complexity index is 1020. The summed E-state index contributed by atoms with van der Waals surface area (Å²) in [5, 5.41) is 12.2. The molecule has 0 aliphatic heterocycles. The van der Waals surface area contributed by atoms with Gasteiger partial charge in [0.1, 0.15) is 5.69 Å². The zero-order valence-electron chi connectivity index (χ0n) is 11.6. The van der Waals surface area contributed by atoms with E-state index in [9.17, 15) is 9.90 Å². The van der Waals surface area contributed by atoms with E-state index in [0.717, 1.165) is 27.2 Å². The maximum absolute atomic E-state index is 11.4. The van der Waals surface area contributed by atoms with E-state index in [2.05, 4.69) is 9.97 Å². The van der Waals surface area contributed by atoms with Crippen LogP contribution in [0.3, 0.4) is 0 Å². The molecule has 0 aliphatic rings. The molecule has 0 bridgehead atoms. The van der Waals surface area contributed by atoms with Gasteiger partial charge in [0, 0.05) is 28.0 Å². The second-order valence-electron chi connectivity index (χ2n) is 5.13. The number of H-pyrrole nitrogens is 1. The molecule has 0 saturated heterocycles. The monoisotopic (exact) mass is 288 g/mol. The zero-order chi connectivity index (χ0) is 15.1. The number of para-hydroxylation sites is 1. The number of aromatic nitrogens is 2. The first-order valence-corrected chi connectivity index (χ1v) is 6.93. The van der Waals surface area contributed by atoms with Crippen molar-refractivity contribution in [2.45, 2.75) is 0 Å². The largest absolute Gasteiger partial charge is 0.477 e. The Morgan fingerprint density at radius 1 is 1.00 bits per heavy atom. The molecule has 4 nitrogen and oxygen atoms in total. The van der Waals surface area contributed by atoms with Crippen LogP contribution >= 0.6 is 0 Å². The van der Waals surface area contributed by atoms with Gasteiger partial charge >= 0.3 is 5.97 Å². The molecule has 22 heavy (non-hydrogen) atoms. The lowest BCUT2D eigenvalue weighted by Crippen LogP contribution is -2.01. The number of aromatic carboxylic acids is 1. The van der Waals surface area contributed by atoms with Crippen molar-refractivity contribution in [2.24, 2.45) is 0 Å². The first-order valence-electron chi connectivity index (χ1n) is 6.93. The van der Waals surface area contributed by atoms with Gasteiger partial charge < -0.3 is 10.1 Å². The lowest BCUT2D eigenvalue weighted by molar-refractivity contribution is 0.0691. The van der Waals surface area contributed by atoms with Crippen LogP contribution in [-0.4, -0.2) is 21.0 Å². The molecule has 4 aromatic rings. The highest BCUT2D eigenvalue weighted by atomic mass is 16.4. The predicted molar refractivity (Wildman–Crippen MR) is 86.0 cm³/mol. The Kier molecular flexibility index (Phi) is 2.69. The van der Waals surface area contributed by atoms with Crippen molar-refractivity contribution in [1.29, 1.82) is 0 Å². The molecule has 0 atom stereocenters. The molecule has 0 spiro atoms. The highest BCUT2D eigenvalue weighted by Crippen LogP contribution is 2.32. The molecule has 0 saturated carbocycles. The van der Waals surface area contributed by atoms with Gasteiger partial charge in [-0.3, -0.25) is 0 Å². The standard InChI is InChI=1S/C18H12N2O2/c21-18(22)16-9-11-5-1-2-6-12(11)17(20-16)14-10-19-15-8-4-3-7-13(14)15/h1-10,19H,(H,21,22). The average molecular weight is 288 g/mol. The Balaban J connectivity index is 2.11. The van der Waals surface area contributed by atoms with E-state index in [1.165, 1.54) is 0 Å². The van der Waals surface area contributed by atoms with E-state index < -0.39 is 5.97 Å². The number of nitrogens with zero attached hydrogens (tertiary/aromatic N) is 1. The van der Waals surface area contributed by atoms with Crippen LogP contribution in [0.2, 0.25) is 0 Å². The lowest BCUT2D eigenvalue weighted by Gasteiger charge is -2.07. The minimum atomic E-state index is -1.02. The quantitative estimate of drug-likeness (QED) is 0.584. The number of pyridine rings is 1. The smallest absolute Gasteiger partial charge is 0.354 e. The van der Waals surface area contributed by atoms with Gasteiger partial charge in [0.05, 0.1) is 5.69 Å². The average Bonchev–Trinajstić information content (AvgIpc) is 2.97. The minimum Gasteiger partial charge on any atom is -0.477 e. The molecule has 2 aromatic carbocycles. The van der Waals surface area contributed by atoms with Crippen LogP contribution in [0.1, 0.15) is 10.5 Å². The van der Waals surface area contributed by atoms with Crippen LogP contribution in [-0.2, 0) is 0 Å². The van der Waals surface area contributed by atoms with Crippen molar-refractivity contribution in [3.8, 4) is 11.3 Å². The molecule has 2 heterocycles. The van der Waals surface area contributed by atoms with E-state index >= 15 is 0 Å². The summed E-state index contributed by atoms with van der Waals surface area (Å²) in [6.45, 7) is 0. The van der Waals surface area contributed by atoms with Gasteiger partial charge in [-0.15, -0.1) is 0 Å².